The van der Waals surface area contributed by atoms with E-state index in [1.165, 1.54) is 16.7 Å². The summed E-state index contributed by atoms with van der Waals surface area (Å²) in [5.74, 6) is 0.0177. The highest BCUT2D eigenvalue weighted by Gasteiger charge is 2.39. The second-order valence-corrected chi connectivity index (χ2v) is 5.71. The van der Waals surface area contributed by atoms with Crippen molar-refractivity contribution in [1.29, 1.82) is 0 Å². The van der Waals surface area contributed by atoms with Crippen LogP contribution in [0.4, 0.5) is 0 Å². The van der Waals surface area contributed by atoms with Crippen LogP contribution in [0.5, 0.6) is 0 Å². The zero-order valence-corrected chi connectivity index (χ0v) is 10.8. The molecule has 94 valence electrons. The van der Waals surface area contributed by atoms with Crippen LogP contribution in [0, 0.1) is 17.8 Å². The highest BCUT2D eigenvalue weighted by atomic mass is 16.4. The first-order valence-electron chi connectivity index (χ1n) is 6.57. The largest absolute Gasteiger partial charge is 0.481 e. The Labute approximate surface area is 103 Å². The minimum atomic E-state index is -0.611. The molecule has 3 atom stereocenters. The Kier molecular flexibility index (Phi) is 3.41. The molecule has 2 nitrogen and oxygen atoms in total. The predicted molar refractivity (Wildman–Crippen MR) is 68.7 cm³/mol. The molecule has 1 saturated carbocycles. The number of hydrogen-bond donors (Lipinski definition) is 1. The fraction of sp³-hybridized carbons (Fsp3) is 0.667. The standard InChI is InChI=1S/C15H22O2/c1-9(2)11-5-4-10(3)12-6-7-13(15(16)17)14(12)8-11/h11,13-14H,1,4-8H2,2-3H3,(H,16,17)/t11-,13+,14-/m1/s1. The summed E-state index contributed by atoms with van der Waals surface area (Å²) in [4.78, 5) is 11.3. The summed E-state index contributed by atoms with van der Waals surface area (Å²) in [5.41, 5.74) is 4.11. The molecule has 0 heterocycles. The molecular formula is C15H22O2. The minimum Gasteiger partial charge on any atom is -0.481 e. The van der Waals surface area contributed by atoms with E-state index < -0.39 is 5.97 Å². The molecule has 0 aromatic heterocycles. The molecule has 1 fully saturated rings. The lowest BCUT2D eigenvalue weighted by atomic mass is 9.82. The summed E-state index contributed by atoms with van der Waals surface area (Å²) < 4.78 is 0. The van der Waals surface area contributed by atoms with Gasteiger partial charge in [0.2, 0.25) is 0 Å². The fourth-order valence-electron chi connectivity index (χ4n) is 3.50. The van der Waals surface area contributed by atoms with Crippen molar-refractivity contribution in [2.24, 2.45) is 17.8 Å². The van der Waals surface area contributed by atoms with Gasteiger partial charge in [-0.3, -0.25) is 4.79 Å². The first kappa shape index (κ1) is 12.4. The maximum atomic E-state index is 11.3. The first-order valence-corrected chi connectivity index (χ1v) is 6.57. The van der Waals surface area contributed by atoms with Gasteiger partial charge in [0, 0.05) is 0 Å². The lowest BCUT2D eigenvalue weighted by Gasteiger charge is -2.22. The van der Waals surface area contributed by atoms with Gasteiger partial charge in [-0.05, 0) is 57.8 Å². The summed E-state index contributed by atoms with van der Waals surface area (Å²) >= 11 is 0. The molecule has 2 aliphatic rings. The molecule has 0 radical (unpaired) electrons. The van der Waals surface area contributed by atoms with E-state index in [0.717, 1.165) is 32.1 Å². The first-order chi connectivity index (χ1) is 8.00. The summed E-state index contributed by atoms with van der Waals surface area (Å²) in [5, 5.41) is 9.31. The summed E-state index contributed by atoms with van der Waals surface area (Å²) in [6.07, 6.45) is 5.09. The van der Waals surface area contributed by atoms with Gasteiger partial charge in [0.25, 0.3) is 0 Å². The Balaban J connectivity index is 2.27. The Morgan fingerprint density at radius 1 is 1.35 bits per heavy atom. The van der Waals surface area contributed by atoms with E-state index in [2.05, 4.69) is 20.4 Å². The number of aliphatic carboxylic acids is 1. The van der Waals surface area contributed by atoms with E-state index in [1.807, 2.05) is 0 Å². The van der Waals surface area contributed by atoms with Crippen LogP contribution < -0.4 is 0 Å². The van der Waals surface area contributed by atoms with Gasteiger partial charge in [0.1, 0.15) is 0 Å². The van der Waals surface area contributed by atoms with Crippen LogP contribution >= 0.6 is 0 Å². The van der Waals surface area contributed by atoms with E-state index in [0.29, 0.717) is 5.92 Å². The number of rotatable bonds is 2. The number of carbonyl (C=O) groups is 1. The van der Waals surface area contributed by atoms with E-state index in [-0.39, 0.29) is 11.8 Å². The predicted octanol–water partition coefficient (Wildman–Crippen LogP) is 3.79. The fourth-order valence-corrected chi connectivity index (χ4v) is 3.50. The van der Waals surface area contributed by atoms with Crippen molar-refractivity contribution < 1.29 is 9.90 Å². The van der Waals surface area contributed by atoms with Gasteiger partial charge >= 0.3 is 5.97 Å². The van der Waals surface area contributed by atoms with E-state index in [1.54, 1.807) is 0 Å². The van der Waals surface area contributed by atoms with Gasteiger partial charge in [-0.25, -0.2) is 0 Å². The van der Waals surface area contributed by atoms with Crippen molar-refractivity contribution >= 4 is 5.97 Å². The lowest BCUT2D eigenvalue weighted by Crippen LogP contribution is -2.21. The Morgan fingerprint density at radius 3 is 2.65 bits per heavy atom. The molecule has 0 unspecified atom stereocenters. The maximum absolute atomic E-state index is 11.3. The smallest absolute Gasteiger partial charge is 0.307 e. The van der Waals surface area contributed by atoms with Gasteiger partial charge < -0.3 is 5.11 Å². The van der Waals surface area contributed by atoms with Gasteiger partial charge in [-0.2, -0.15) is 0 Å². The normalized spacial score (nSPS) is 33.2. The lowest BCUT2D eigenvalue weighted by molar-refractivity contribution is -0.142. The quantitative estimate of drug-likeness (QED) is 0.738. The van der Waals surface area contributed by atoms with Crippen LogP contribution in [-0.4, -0.2) is 11.1 Å². The highest BCUT2D eigenvalue weighted by molar-refractivity contribution is 5.72. The summed E-state index contributed by atoms with van der Waals surface area (Å²) in [6, 6.07) is 0. The molecule has 0 amide bonds. The molecule has 0 aromatic carbocycles. The number of hydrogen-bond acceptors (Lipinski definition) is 1. The van der Waals surface area contributed by atoms with E-state index in [9.17, 15) is 9.90 Å². The Bertz CT molecular complexity index is 378. The van der Waals surface area contributed by atoms with Crippen molar-refractivity contribution in [2.45, 2.75) is 46.0 Å². The topological polar surface area (TPSA) is 37.3 Å². The second kappa shape index (κ2) is 4.67. The van der Waals surface area contributed by atoms with Gasteiger partial charge in [-0.1, -0.05) is 23.3 Å². The Morgan fingerprint density at radius 2 is 2.06 bits per heavy atom. The van der Waals surface area contributed by atoms with Crippen LogP contribution in [0.3, 0.4) is 0 Å². The van der Waals surface area contributed by atoms with Crippen LogP contribution in [0.25, 0.3) is 0 Å². The second-order valence-electron chi connectivity index (χ2n) is 5.71. The highest BCUT2D eigenvalue weighted by Crippen LogP contribution is 2.46. The summed E-state index contributed by atoms with van der Waals surface area (Å²) in [6.45, 7) is 8.33. The average Bonchev–Trinajstić information content (AvgIpc) is 2.60. The maximum Gasteiger partial charge on any atom is 0.307 e. The number of carboxylic acids is 1. The molecule has 2 heteroatoms. The average molecular weight is 234 g/mol. The third kappa shape index (κ3) is 2.31. The molecule has 0 spiro atoms. The third-order valence-electron chi connectivity index (χ3n) is 4.63. The van der Waals surface area contributed by atoms with Crippen LogP contribution in [0.15, 0.2) is 23.3 Å². The SMILES string of the molecule is C=C(C)[C@@H]1CCC(C)=C2CC[C@H](C(=O)O)[C@@H]2C1. The number of carboxylic acid groups (broad SMARTS) is 1. The monoisotopic (exact) mass is 234 g/mol. The zero-order valence-electron chi connectivity index (χ0n) is 10.8. The molecule has 0 saturated heterocycles. The molecule has 17 heavy (non-hydrogen) atoms. The molecule has 0 aliphatic heterocycles. The van der Waals surface area contributed by atoms with E-state index in [4.69, 9.17) is 0 Å². The molecule has 1 N–H and O–H groups in total. The van der Waals surface area contributed by atoms with Crippen LogP contribution in [0.2, 0.25) is 0 Å². The minimum absolute atomic E-state index is 0.153. The number of fused-ring (bicyclic) bond motifs is 1. The van der Waals surface area contributed by atoms with Crippen molar-refractivity contribution in [3.8, 4) is 0 Å². The van der Waals surface area contributed by atoms with Crippen molar-refractivity contribution in [2.75, 3.05) is 0 Å². The molecule has 0 aromatic rings. The van der Waals surface area contributed by atoms with Crippen molar-refractivity contribution in [3.63, 3.8) is 0 Å². The van der Waals surface area contributed by atoms with Crippen molar-refractivity contribution in [1.82, 2.24) is 0 Å². The zero-order chi connectivity index (χ0) is 12.6. The van der Waals surface area contributed by atoms with Crippen molar-refractivity contribution in [3.05, 3.63) is 23.3 Å². The summed E-state index contributed by atoms with van der Waals surface area (Å²) in [7, 11) is 0. The third-order valence-corrected chi connectivity index (χ3v) is 4.63. The van der Waals surface area contributed by atoms with Gasteiger partial charge in [-0.15, -0.1) is 0 Å². The molecule has 2 rings (SSSR count). The van der Waals surface area contributed by atoms with Gasteiger partial charge in [0.15, 0.2) is 0 Å². The Hall–Kier alpha value is -1.05. The number of allylic oxidation sites excluding steroid dienone is 3. The molecular weight excluding hydrogens is 212 g/mol. The molecule has 2 aliphatic carbocycles. The van der Waals surface area contributed by atoms with Crippen LogP contribution in [0.1, 0.15) is 46.0 Å². The van der Waals surface area contributed by atoms with Gasteiger partial charge in [0.05, 0.1) is 5.92 Å². The molecule has 0 bridgehead atoms. The van der Waals surface area contributed by atoms with E-state index >= 15 is 0 Å². The van der Waals surface area contributed by atoms with Crippen LogP contribution in [-0.2, 0) is 4.79 Å².